The van der Waals surface area contributed by atoms with Gasteiger partial charge in [-0.15, -0.1) is 24.0 Å². The van der Waals surface area contributed by atoms with E-state index in [1.54, 1.807) is 13.8 Å². The number of carbonyl (C=O) groups excluding carboxylic acids is 2. The second-order valence-corrected chi connectivity index (χ2v) is 4.98. The highest BCUT2D eigenvalue weighted by Gasteiger charge is 1.97. The number of rotatable bonds is 2. The van der Waals surface area contributed by atoms with Crippen molar-refractivity contribution >= 4 is 88.7 Å². The minimum absolute atomic E-state index is 0. The van der Waals surface area contributed by atoms with Gasteiger partial charge < -0.3 is 9.53 Å². The average molecular weight is 677 g/mol. The van der Waals surface area contributed by atoms with Gasteiger partial charge in [0.25, 0.3) is 0 Å². The SMILES string of the molecule is C1CCOC1.CC(=O)C(C)Br.CCC(C)=O.I.II. The first-order chi connectivity index (χ1) is 8.41. The number of hydrogen-bond donors (Lipinski definition) is 0. The summed E-state index contributed by atoms with van der Waals surface area (Å²) in [4.78, 5) is 19.9. The Morgan fingerprint density at radius 1 is 1.21 bits per heavy atom. The van der Waals surface area contributed by atoms with E-state index in [0.717, 1.165) is 13.2 Å². The highest BCUT2D eigenvalue weighted by atomic mass is 128. The first kappa shape index (κ1) is 29.0. The number of ketones is 2. The topological polar surface area (TPSA) is 43.4 Å². The summed E-state index contributed by atoms with van der Waals surface area (Å²) in [6.07, 6.45) is 3.22. The molecule has 0 amide bonds. The molecule has 1 atom stereocenters. The molecule has 0 aromatic rings. The van der Waals surface area contributed by atoms with E-state index < -0.39 is 0 Å². The molecule has 0 saturated carbocycles. The summed E-state index contributed by atoms with van der Waals surface area (Å²) in [5, 5.41) is 0. The van der Waals surface area contributed by atoms with Crippen molar-refractivity contribution in [1.29, 1.82) is 0 Å². The fraction of sp³-hybridized carbons (Fsp3) is 0.833. The summed E-state index contributed by atoms with van der Waals surface area (Å²) in [5.41, 5.74) is 0. The van der Waals surface area contributed by atoms with Gasteiger partial charge in [-0.2, -0.15) is 0 Å². The van der Waals surface area contributed by atoms with Crippen molar-refractivity contribution < 1.29 is 14.3 Å². The van der Waals surface area contributed by atoms with Crippen molar-refractivity contribution in [3.63, 3.8) is 0 Å². The average Bonchev–Trinajstić information content (AvgIpc) is 2.91. The van der Waals surface area contributed by atoms with Gasteiger partial charge in [-0.05, 0) is 33.6 Å². The van der Waals surface area contributed by atoms with Gasteiger partial charge >= 0.3 is 0 Å². The molecule has 0 aromatic carbocycles. The predicted molar refractivity (Wildman–Crippen MR) is 114 cm³/mol. The lowest BCUT2D eigenvalue weighted by molar-refractivity contribution is -0.117. The molecule has 0 spiro atoms. The zero-order chi connectivity index (χ0) is 15.0. The first-order valence-corrected chi connectivity index (χ1v) is 13.0. The molecule has 0 bridgehead atoms. The molecular formula is C12H24BrI3O3. The number of carbonyl (C=O) groups is 2. The Bertz CT molecular complexity index is 191. The van der Waals surface area contributed by atoms with E-state index in [2.05, 4.69) is 53.2 Å². The van der Waals surface area contributed by atoms with Crippen LogP contribution in [0.3, 0.4) is 0 Å². The highest BCUT2D eigenvalue weighted by Crippen LogP contribution is 1.98. The second kappa shape index (κ2) is 25.0. The molecule has 1 aliphatic rings. The highest BCUT2D eigenvalue weighted by molar-refractivity contribution is 15.0. The molecule has 0 aliphatic carbocycles. The molecular weight excluding hydrogens is 653 g/mol. The van der Waals surface area contributed by atoms with E-state index >= 15 is 0 Å². The molecule has 1 aliphatic heterocycles. The Labute approximate surface area is 166 Å². The third-order valence-corrected chi connectivity index (χ3v) is 2.53. The van der Waals surface area contributed by atoms with Crippen LogP contribution in [0.25, 0.3) is 0 Å². The Hall–Kier alpha value is 1.97. The lowest BCUT2D eigenvalue weighted by Gasteiger charge is -1.88. The summed E-state index contributed by atoms with van der Waals surface area (Å²) in [7, 11) is 0. The number of ether oxygens (including phenoxy) is 1. The number of Topliss-reactive ketones (excluding diaryl/α,β-unsaturated/α-hetero) is 2. The summed E-state index contributed by atoms with van der Waals surface area (Å²) in [5.74, 6) is 0.431. The number of alkyl halides is 1. The summed E-state index contributed by atoms with van der Waals surface area (Å²) >= 11 is 7.33. The van der Waals surface area contributed by atoms with Gasteiger partial charge in [0.1, 0.15) is 11.6 Å². The van der Waals surface area contributed by atoms with E-state index in [9.17, 15) is 9.59 Å². The standard InChI is InChI=1S/C4H7BrO.2C4H8O.I2.HI/c1-3(5)4(2)6;1-2-4-5-3-1;1-3-4(2)5;1-2;/h3H,1-2H3;1-4H2;3H2,1-2H3;;1H. The number of halogens is 4. The largest absolute Gasteiger partial charge is 0.381 e. The van der Waals surface area contributed by atoms with E-state index in [1.165, 1.54) is 12.8 Å². The van der Waals surface area contributed by atoms with Crippen LogP contribution in [0.5, 0.6) is 0 Å². The maximum atomic E-state index is 10.1. The summed E-state index contributed by atoms with van der Waals surface area (Å²) in [6.45, 7) is 8.80. The summed E-state index contributed by atoms with van der Waals surface area (Å²) in [6, 6.07) is 0. The number of hydrogen-bond acceptors (Lipinski definition) is 3. The fourth-order valence-electron chi connectivity index (χ4n) is 0.510. The van der Waals surface area contributed by atoms with E-state index in [0.29, 0.717) is 6.42 Å². The van der Waals surface area contributed by atoms with Crippen molar-refractivity contribution in [2.75, 3.05) is 13.2 Å². The fourth-order valence-corrected chi connectivity index (χ4v) is 0.510. The molecule has 1 unspecified atom stereocenters. The van der Waals surface area contributed by atoms with Crippen molar-refractivity contribution in [3.8, 4) is 0 Å². The summed E-state index contributed by atoms with van der Waals surface area (Å²) < 4.78 is 4.94. The quantitative estimate of drug-likeness (QED) is 0.286. The third kappa shape index (κ3) is 38.3. The van der Waals surface area contributed by atoms with Crippen molar-refractivity contribution in [2.45, 2.75) is 51.8 Å². The molecule has 0 aromatic heterocycles. The zero-order valence-corrected chi connectivity index (χ0v) is 20.1. The van der Waals surface area contributed by atoms with Crippen LogP contribution in [0.2, 0.25) is 0 Å². The molecule has 1 heterocycles. The van der Waals surface area contributed by atoms with Gasteiger partial charge in [0.05, 0.1) is 4.83 Å². The molecule has 0 N–H and O–H groups in total. The third-order valence-electron chi connectivity index (χ3n) is 1.89. The Balaban J connectivity index is -0.0000000815. The normalized spacial score (nSPS) is 13.0. The van der Waals surface area contributed by atoms with Crippen LogP contribution in [0.1, 0.15) is 47.0 Å². The van der Waals surface area contributed by atoms with Gasteiger partial charge in [0.15, 0.2) is 0 Å². The molecule has 3 nitrogen and oxygen atoms in total. The lowest BCUT2D eigenvalue weighted by atomic mass is 10.4. The molecule has 7 heteroatoms. The first-order valence-electron chi connectivity index (χ1n) is 5.77. The molecule has 118 valence electrons. The lowest BCUT2D eigenvalue weighted by Crippen LogP contribution is -2.01. The van der Waals surface area contributed by atoms with Crippen molar-refractivity contribution in [2.24, 2.45) is 0 Å². The van der Waals surface area contributed by atoms with Crippen LogP contribution in [-0.4, -0.2) is 29.6 Å². The van der Waals surface area contributed by atoms with Crippen LogP contribution in [-0.2, 0) is 14.3 Å². The maximum absolute atomic E-state index is 10.1. The van der Waals surface area contributed by atoms with Crippen molar-refractivity contribution in [3.05, 3.63) is 0 Å². The van der Waals surface area contributed by atoms with Gasteiger partial charge in [-0.1, -0.05) is 22.9 Å². The van der Waals surface area contributed by atoms with Crippen LogP contribution < -0.4 is 0 Å². The van der Waals surface area contributed by atoms with Gasteiger partial charge in [0.2, 0.25) is 0 Å². The Morgan fingerprint density at radius 2 is 1.47 bits per heavy atom. The minimum Gasteiger partial charge on any atom is -0.381 e. The predicted octanol–water partition coefficient (Wildman–Crippen LogP) is 5.53. The van der Waals surface area contributed by atoms with Gasteiger partial charge in [-0.3, -0.25) is 4.79 Å². The Morgan fingerprint density at radius 3 is 1.53 bits per heavy atom. The molecule has 0 radical (unpaired) electrons. The maximum Gasteiger partial charge on any atom is 0.143 e. The smallest absolute Gasteiger partial charge is 0.143 e. The van der Waals surface area contributed by atoms with Crippen LogP contribution in [0.15, 0.2) is 0 Å². The van der Waals surface area contributed by atoms with Gasteiger partial charge in [0, 0.05) is 56.9 Å². The van der Waals surface area contributed by atoms with Gasteiger partial charge in [-0.25, -0.2) is 0 Å². The monoisotopic (exact) mass is 676 g/mol. The molecule has 19 heavy (non-hydrogen) atoms. The van der Waals surface area contributed by atoms with Crippen LogP contribution in [0, 0.1) is 0 Å². The van der Waals surface area contributed by atoms with Crippen molar-refractivity contribution in [1.82, 2.24) is 0 Å². The van der Waals surface area contributed by atoms with E-state index in [4.69, 9.17) is 4.74 Å². The minimum atomic E-state index is 0. The van der Waals surface area contributed by atoms with Crippen LogP contribution in [0.4, 0.5) is 0 Å². The molecule has 1 saturated heterocycles. The molecule has 1 fully saturated rings. The Kier molecular flexibility index (Phi) is 38.1. The molecule has 1 rings (SSSR count). The van der Waals surface area contributed by atoms with Crippen LogP contribution >= 0.6 is 77.1 Å². The zero-order valence-electron chi connectivity index (χ0n) is 11.9. The van der Waals surface area contributed by atoms with E-state index in [-0.39, 0.29) is 40.4 Å². The van der Waals surface area contributed by atoms with E-state index in [1.807, 2.05) is 13.8 Å². The second-order valence-electron chi connectivity index (χ2n) is 3.60.